The largest absolute Gasteiger partial charge is 0.235 e. The number of halogens is 2. The summed E-state index contributed by atoms with van der Waals surface area (Å²) < 4.78 is 20.7. The molecule has 0 aliphatic heterocycles. The van der Waals surface area contributed by atoms with Gasteiger partial charge in [-0.25, -0.2) is 8.78 Å². The number of hydrogen-bond donors (Lipinski definition) is 0. The van der Waals surface area contributed by atoms with E-state index >= 15 is 0 Å². The maximum absolute atomic E-state index is 10.3. The van der Waals surface area contributed by atoms with Crippen molar-refractivity contribution in [1.82, 2.24) is 0 Å². The quantitative estimate of drug-likeness (QED) is 0.386. The van der Waals surface area contributed by atoms with E-state index < -0.39 is 6.43 Å². The van der Waals surface area contributed by atoms with Crippen molar-refractivity contribution in [2.24, 2.45) is 0 Å². The molecule has 0 unspecified atom stereocenters. The Hall–Kier alpha value is 0.860. The summed E-state index contributed by atoms with van der Waals surface area (Å²) in [5, 5.41) is 0. The monoisotopic (exact) mass is 89.0 g/mol. The van der Waals surface area contributed by atoms with Gasteiger partial charge in [-0.3, -0.25) is 0 Å². The molecule has 0 atom stereocenters. The van der Waals surface area contributed by atoms with E-state index in [1.54, 1.807) is 0 Å². The van der Waals surface area contributed by atoms with Crippen molar-refractivity contribution in [2.45, 2.75) is 13.3 Å². The smallest absolute Gasteiger partial charge is 0.211 e. The van der Waals surface area contributed by atoms with Crippen LogP contribution in [0.2, 0.25) is 0 Å². The van der Waals surface area contributed by atoms with Gasteiger partial charge in [0.15, 0.2) is 0 Å². The first-order valence-corrected chi connectivity index (χ1v) is 1.01. The topological polar surface area (TPSA) is 0 Å². The molecule has 0 spiro atoms. The zero-order valence-electron chi connectivity index (χ0n) is 3.33. The van der Waals surface area contributed by atoms with Crippen molar-refractivity contribution in [2.75, 3.05) is 0 Å². The molecule has 0 aliphatic carbocycles. The second kappa shape index (κ2) is 4.86. The summed E-state index contributed by atoms with van der Waals surface area (Å²) in [4.78, 5) is 0. The Balaban J connectivity index is 0. The van der Waals surface area contributed by atoms with Gasteiger partial charge in [0, 0.05) is 29.6 Å². The van der Waals surface area contributed by atoms with Crippen LogP contribution in [0.4, 0.5) is 8.78 Å². The molecule has 5 heavy (non-hydrogen) atoms. The van der Waals surface area contributed by atoms with Gasteiger partial charge in [-0.05, 0) is 6.92 Å². The molecule has 0 aromatic rings. The molecule has 0 aliphatic rings. The number of rotatable bonds is 0. The van der Waals surface area contributed by atoms with Crippen LogP contribution >= 0.6 is 0 Å². The summed E-state index contributed by atoms with van der Waals surface area (Å²) in [6.07, 6.45) is -2.17. The minimum absolute atomic E-state index is 0. The van der Waals surface area contributed by atoms with Crippen molar-refractivity contribution in [1.29, 1.82) is 0 Å². The Bertz CT molecular complexity index is 12.4. The third-order valence-electron chi connectivity index (χ3n) is 0. The van der Waals surface area contributed by atoms with Gasteiger partial charge >= 0.3 is 0 Å². The second-order valence-corrected chi connectivity index (χ2v) is 0.519. The van der Waals surface area contributed by atoms with E-state index in [9.17, 15) is 8.78 Å². The summed E-state index contributed by atoms with van der Waals surface area (Å²) in [5.41, 5.74) is 0. The maximum Gasteiger partial charge on any atom is 0.235 e. The fourth-order valence-electron chi connectivity index (χ4n) is 0. The number of hydrogen-bond acceptors (Lipinski definition) is 0. The predicted octanol–water partition coefficient (Wildman–Crippen LogP) is 0.891. The van der Waals surface area contributed by atoms with Crippen molar-refractivity contribution in [3.05, 3.63) is 0 Å². The molecule has 0 nitrogen and oxygen atoms in total. The third-order valence-corrected chi connectivity index (χ3v) is 0. The predicted molar refractivity (Wildman–Crippen MR) is 17.4 cm³/mol. The van der Waals surface area contributed by atoms with Crippen LogP contribution in [-0.2, 0) is 0 Å². The molecule has 0 amide bonds. The van der Waals surface area contributed by atoms with Gasteiger partial charge in [-0.15, -0.1) is 0 Å². The zero-order chi connectivity index (χ0) is 3.58. The van der Waals surface area contributed by atoms with E-state index in [-0.39, 0.29) is 29.6 Å². The summed E-state index contributed by atoms with van der Waals surface area (Å²) >= 11 is 0. The Kier molecular flexibility index (Phi) is 9.03. The van der Waals surface area contributed by atoms with Crippen LogP contribution in [0.15, 0.2) is 0 Å². The van der Waals surface area contributed by atoms with Crippen molar-refractivity contribution in [3.8, 4) is 0 Å². The van der Waals surface area contributed by atoms with E-state index in [2.05, 4.69) is 0 Å². The molecular weight excluding hydrogens is 85.0 g/mol. The Morgan fingerprint density at radius 2 is 1.40 bits per heavy atom. The minimum Gasteiger partial charge on any atom is -0.211 e. The van der Waals surface area contributed by atoms with Gasteiger partial charge in [0.25, 0.3) is 0 Å². The van der Waals surface area contributed by atoms with Crippen molar-refractivity contribution < 1.29 is 8.78 Å². The zero-order valence-corrected chi connectivity index (χ0v) is 5.33. The molecule has 0 saturated heterocycles. The molecule has 0 bridgehead atoms. The molecule has 0 heterocycles. The molecule has 0 N–H and O–H groups in total. The van der Waals surface area contributed by atoms with E-state index in [1.165, 1.54) is 0 Å². The molecule has 27 valence electrons. The molecule has 0 saturated carbocycles. The average molecular weight is 89.0 g/mol. The molecule has 0 rings (SSSR count). The van der Waals surface area contributed by atoms with Gasteiger partial charge in [0.05, 0.1) is 0 Å². The second-order valence-electron chi connectivity index (χ2n) is 0.519. The average Bonchev–Trinajstić information content (AvgIpc) is 0.811. The first-order valence-electron chi connectivity index (χ1n) is 1.01. The van der Waals surface area contributed by atoms with E-state index in [1.807, 2.05) is 0 Å². The molecule has 0 aromatic carbocycles. The van der Waals surface area contributed by atoms with E-state index in [4.69, 9.17) is 0 Å². The fourth-order valence-corrected chi connectivity index (χ4v) is 0. The minimum atomic E-state index is -2.17. The standard InChI is InChI=1S/C2H4F2.Na/c1-2(3)4;/h2H,1H3;. The van der Waals surface area contributed by atoms with Crippen LogP contribution in [0.1, 0.15) is 6.92 Å². The summed E-state index contributed by atoms with van der Waals surface area (Å²) in [6.45, 7) is 0.833. The normalized spacial score (nSPS) is 7.20. The van der Waals surface area contributed by atoms with Crippen molar-refractivity contribution in [3.63, 3.8) is 0 Å². The summed E-state index contributed by atoms with van der Waals surface area (Å²) in [7, 11) is 0. The third kappa shape index (κ3) is 53.7. The molecule has 1 radical (unpaired) electrons. The van der Waals surface area contributed by atoms with Gasteiger partial charge in [0.2, 0.25) is 6.43 Å². The molecular formula is C2H4F2Na. The SMILES string of the molecule is CC(F)F.[Na]. The fraction of sp³-hybridized carbons (Fsp3) is 1.00. The van der Waals surface area contributed by atoms with Gasteiger partial charge in [-0.1, -0.05) is 0 Å². The Morgan fingerprint density at radius 1 is 1.40 bits per heavy atom. The Labute approximate surface area is 51.8 Å². The first-order chi connectivity index (χ1) is 1.73. The molecule has 0 aromatic heterocycles. The summed E-state index contributed by atoms with van der Waals surface area (Å²) in [5.74, 6) is 0. The number of alkyl halides is 2. The van der Waals surface area contributed by atoms with Gasteiger partial charge in [-0.2, -0.15) is 0 Å². The molecule has 0 fully saturated rings. The van der Waals surface area contributed by atoms with E-state index in [0.717, 1.165) is 6.92 Å². The van der Waals surface area contributed by atoms with Crippen LogP contribution < -0.4 is 0 Å². The van der Waals surface area contributed by atoms with Crippen LogP contribution in [0.5, 0.6) is 0 Å². The first kappa shape index (κ1) is 9.29. The van der Waals surface area contributed by atoms with Gasteiger partial charge < -0.3 is 0 Å². The summed E-state index contributed by atoms with van der Waals surface area (Å²) in [6, 6.07) is 0. The Morgan fingerprint density at radius 3 is 1.40 bits per heavy atom. The van der Waals surface area contributed by atoms with Crippen LogP contribution in [0.3, 0.4) is 0 Å². The van der Waals surface area contributed by atoms with E-state index in [0.29, 0.717) is 0 Å². The van der Waals surface area contributed by atoms with Crippen molar-refractivity contribution >= 4 is 29.6 Å². The van der Waals surface area contributed by atoms with Gasteiger partial charge in [0.1, 0.15) is 0 Å². The maximum atomic E-state index is 10.3. The van der Waals surface area contributed by atoms with Crippen LogP contribution in [0.25, 0.3) is 0 Å². The van der Waals surface area contributed by atoms with Crippen LogP contribution in [-0.4, -0.2) is 36.0 Å². The van der Waals surface area contributed by atoms with Crippen LogP contribution in [0, 0.1) is 0 Å². The molecule has 3 heteroatoms.